The summed E-state index contributed by atoms with van der Waals surface area (Å²) in [5.74, 6) is 0.658. The predicted octanol–water partition coefficient (Wildman–Crippen LogP) is 2.41. The Balaban J connectivity index is 1.66. The van der Waals surface area contributed by atoms with E-state index < -0.39 is 6.10 Å². The molecule has 0 unspecified atom stereocenters. The summed E-state index contributed by atoms with van der Waals surface area (Å²) < 4.78 is 11.4. The Morgan fingerprint density at radius 3 is 2.82 bits per heavy atom. The van der Waals surface area contributed by atoms with Crippen LogP contribution in [0, 0.1) is 5.92 Å². The van der Waals surface area contributed by atoms with Crippen molar-refractivity contribution in [2.75, 3.05) is 24.7 Å². The number of amides is 1. The number of hydrogen-bond donors (Lipinski definition) is 0. The second-order valence-electron chi connectivity index (χ2n) is 6.21. The van der Waals surface area contributed by atoms with Crippen molar-refractivity contribution in [3.63, 3.8) is 0 Å². The second-order valence-corrected chi connectivity index (χ2v) is 6.21. The summed E-state index contributed by atoms with van der Waals surface area (Å²) >= 11 is 0. The number of carbonyl (C=O) groups is 1. The molecule has 0 bridgehead atoms. The van der Waals surface area contributed by atoms with Gasteiger partial charge >= 0.3 is 0 Å². The highest BCUT2D eigenvalue weighted by atomic mass is 16.5. The lowest BCUT2D eigenvalue weighted by Crippen LogP contribution is -2.43. The second kappa shape index (κ2) is 7.20. The molecule has 0 N–H and O–H groups in total. The lowest BCUT2D eigenvalue weighted by atomic mass is 10.2. The van der Waals surface area contributed by atoms with Crippen LogP contribution in [0.1, 0.15) is 32.6 Å². The third kappa shape index (κ3) is 4.05. The molecule has 1 saturated heterocycles. The first-order valence-electron chi connectivity index (χ1n) is 8.18. The average molecular weight is 304 g/mol. The van der Waals surface area contributed by atoms with Crippen LogP contribution in [0.15, 0.2) is 24.5 Å². The zero-order valence-electron chi connectivity index (χ0n) is 13.1. The molecule has 5 heteroatoms. The fourth-order valence-corrected chi connectivity index (χ4v) is 2.69. The maximum atomic E-state index is 12.8. The Hall–Kier alpha value is -1.46. The monoisotopic (exact) mass is 304 g/mol. The Morgan fingerprint density at radius 1 is 1.41 bits per heavy atom. The lowest BCUT2D eigenvalue weighted by molar-refractivity contribution is -0.129. The number of carbonyl (C=O) groups excluding carboxylic acids is 1. The van der Waals surface area contributed by atoms with Crippen molar-refractivity contribution in [1.82, 2.24) is 4.98 Å². The molecule has 0 aromatic carbocycles. The van der Waals surface area contributed by atoms with E-state index in [1.165, 1.54) is 12.8 Å². The molecular weight excluding hydrogens is 280 g/mol. The molecule has 120 valence electrons. The maximum absolute atomic E-state index is 12.8. The molecule has 0 radical (unpaired) electrons. The van der Waals surface area contributed by atoms with E-state index in [0.717, 1.165) is 25.1 Å². The van der Waals surface area contributed by atoms with Crippen LogP contribution in [0.5, 0.6) is 0 Å². The molecule has 1 aromatic rings. The first-order valence-corrected chi connectivity index (χ1v) is 8.18. The van der Waals surface area contributed by atoms with Gasteiger partial charge in [0.05, 0.1) is 19.3 Å². The molecule has 22 heavy (non-hydrogen) atoms. The molecule has 0 spiro atoms. The van der Waals surface area contributed by atoms with Gasteiger partial charge < -0.3 is 14.4 Å². The minimum atomic E-state index is -0.421. The fraction of sp³-hybridized carbons (Fsp3) is 0.647. The number of nitrogens with zero attached hydrogens (tertiary/aromatic N) is 2. The Bertz CT molecular complexity index is 484. The number of aromatic nitrogens is 1. The smallest absolute Gasteiger partial charge is 0.255 e. The third-order valence-corrected chi connectivity index (χ3v) is 4.28. The van der Waals surface area contributed by atoms with Gasteiger partial charge in [0.1, 0.15) is 6.10 Å². The zero-order chi connectivity index (χ0) is 15.4. The van der Waals surface area contributed by atoms with E-state index in [1.54, 1.807) is 17.3 Å². The summed E-state index contributed by atoms with van der Waals surface area (Å²) in [7, 11) is 0. The Kier molecular flexibility index (Phi) is 5.05. The third-order valence-electron chi connectivity index (χ3n) is 4.28. The highest BCUT2D eigenvalue weighted by Crippen LogP contribution is 2.29. The van der Waals surface area contributed by atoms with Crippen LogP contribution in [0.2, 0.25) is 0 Å². The maximum Gasteiger partial charge on any atom is 0.255 e. The molecule has 2 heterocycles. The molecule has 2 aliphatic rings. The molecule has 5 nitrogen and oxygen atoms in total. The standard InChI is InChI=1S/C17H24N2O3/c1-13(22-12-14-4-5-14)17(20)19(11-16-3-2-10-21-16)15-6-8-18-9-7-15/h6-9,13-14,16H,2-5,10-12H2,1H3/t13-,16+/m0/s1. The van der Waals surface area contributed by atoms with Crippen LogP contribution in [0.25, 0.3) is 0 Å². The van der Waals surface area contributed by atoms with Gasteiger partial charge in [0.25, 0.3) is 5.91 Å². The fourth-order valence-electron chi connectivity index (χ4n) is 2.69. The highest BCUT2D eigenvalue weighted by molar-refractivity contribution is 5.96. The normalized spacial score (nSPS) is 22.5. The SMILES string of the molecule is C[C@H](OCC1CC1)C(=O)N(C[C@H]1CCCO1)c1ccncc1. The van der Waals surface area contributed by atoms with Crippen LogP contribution in [0.4, 0.5) is 5.69 Å². The van der Waals surface area contributed by atoms with Gasteiger partial charge in [-0.3, -0.25) is 9.78 Å². The van der Waals surface area contributed by atoms with Gasteiger partial charge in [-0.15, -0.1) is 0 Å². The largest absolute Gasteiger partial charge is 0.376 e. The van der Waals surface area contributed by atoms with Crippen molar-refractivity contribution in [2.45, 2.75) is 44.8 Å². The summed E-state index contributed by atoms with van der Waals surface area (Å²) in [6.07, 6.45) is 7.64. The Labute approximate surface area is 131 Å². The van der Waals surface area contributed by atoms with Gasteiger partial charge in [0, 0.05) is 24.7 Å². The van der Waals surface area contributed by atoms with Gasteiger partial charge in [0.15, 0.2) is 0 Å². The van der Waals surface area contributed by atoms with Crippen molar-refractivity contribution in [1.29, 1.82) is 0 Å². The van der Waals surface area contributed by atoms with E-state index in [4.69, 9.17) is 9.47 Å². The van der Waals surface area contributed by atoms with E-state index >= 15 is 0 Å². The van der Waals surface area contributed by atoms with Crippen LogP contribution < -0.4 is 4.90 Å². The summed E-state index contributed by atoms with van der Waals surface area (Å²) in [5, 5.41) is 0. The summed E-state index contributed by atoms with van der Waals surface area (Å²) in [4.78, 5) is 18.6. The first kappa shape index (κ1) is 15.4. The van der Waals surface area contributed by atoms with Crippen molar-refractivity contribution in [2.24, 2.45) is 5.92 Å². The molecule has 2 fully saturated rings. The van der Waals surface area contributed by atoms with Crippen molar-refractivity contribution < 1.29 is 14.3 Å². The van der Waals surface area contributed by atoms with E-state index in [-0.39, 0.29) is 12.0 Å². The van der Waals surface area contributed by atoms with E-state index in [9.17, 15) is 4.79 Å². The van der Waals surface area contributed by atoms with Gasteiger partial charge in [-0.05, 0) is 50.7 Å². The predicted molar refractivity (Wildman–Crippen MR) is 83.7 cm³/mol. The average Bonchev–Trinajstić information content (AvgIpc) is 3.24. The molecule has 1 aliphatic heterocycles. The first-order chi connectivity index (χ1) is 10.7. The number of ether oxygens (including phenoxy) is 2. The summed E-state index contributed by atoms with van der Waals surface area (Å²) in [6.45, 7) is 3.90. The van der Waals surface area contributed by atoms with Gasteiger partial charge in [-0.1, -0.05) is 0 Å². The van der Waals surface area contributed by atoms with Crippen molar-refractivity contribution >= 4 is 11.6 Å². The Morgan fingerprint density at radius 2 is 2.18 bits per heavy atom. The molecule has 2 atom stereocenters. The molecule has 1 saturated carbocycles. The van der Waals surface area contributed by atoms with Crippen LogP contribution >= 0.6 is 0 Å². The van der Waals surface area contributed by atoms with Gasteiger partial charge in [-0.25, -0.2) is 0 Å². The van der Waals surface area contributed by atoms with Crippen molar-refractivity contribution in [3.8, 4) is 0 Å². The molecular formula is C17H24N2O3. The highest BCUT2D eigenvalue weighted by Gasteiger charge is 2.29. The summed E-state index contributed by atoms with van der Waals surface area (Å²) in [5.41, 5.74) is 0.859. The topological polar surface area (TPSA) is 51.7 Å². The molecule has 1 aliphatic carbocycles. The van der Waals surface area contributed by atoms with Gasteiger partial charge in [0.2, 0.25) is 0 Å². The minimum absolute atomic E-state index is 0.00218. The van der Waals surface area contributed by atoms with E-state index in [2.05, 4.69) is 4.98 Å². The number of hydrogen-bond acceptors (Lipinski definition) is 4. The quantitative estimate of drug-likeness (QED) is 0.776. The number of rotatable bonds is 7. The summed E-state index contributed by atoms with van der Waals surface area (Å²) in [6, 6.07) is 3.72. The van der Waals surface area contributed by atoms with Crippen LogP contribution in [-0.4, -0.2) is 42.9 Å². The lowest BCUT2D eigenvalue weighted by Gasteiger charge is -2.28. The minimum Gasteiger partial charge on any atom is -0.376 e. The van der Waals surface area contributed by atoms with Crippen LogP contribution in [-0.2, 0) is 14.3 Å². The molecule has 1 amide bonds. The number of anilines is 1. The van der Waals surface area contributed by atoms with E-state index in [0.29, 0.717) is 19.1 Å². The van der Waals surface area contributed by atoms with E-state index in [1.807, 2.05) is 19.1 Å². The van der Waals surface area contributed by atoms with Crippen LogP contribution in [0.3, 0.4) is 0 Å². The molecule has 1 aromatic heterocycles. The van der Waals surface area contributed by atoms with Gasteiger partial charge in [-0.2, -0.15) is 0 Å². The van der Waals surface area contributed by atoms with Crippen molar-refractivity contribution in [3.05, 3.63) is 24.5 Å². The molecule has 3 rings (SSSR count). The number of pyridine rings is 1. The zero-order valence-corrected chi connectivity index (χ0v) is 13.1.